The quantitative estimate of drug-likeness (QED) is 0.594. The van der Waals surface area contributed by atoms with Crippen LogP contribution in [0.1, 0.15) is 12.8 Å². The molecule has 125 valence electrons. The Balaban J connectivity index is 1.59. The van der Waals surface area contributed by atoms with Crippen LogP contribution in [0.2, 0.25) is 0 Å². The molecule has 0 aromatic heterocycles. The van der Waals surface area contributed by atoms with Crippen LogP contribution in [0, 0.1) is 16.2 Å². The summed E-state index contributed by atoms with van der Waals surface area (Å²) in [7, 11) is 2.18. The summed E-state index contributed by atoms with van der Waals surface area (Å²) in [5, 5.41) is 10.8. The maximum Gasteiger partial charge on any atom is 0.278 e. The van der Waals surface area contributed by atoms with Crippen LogP contribution in [0.15, 0.2) is 16.6 Å². The first-order chi connectivity index (χ1) is 11.0. The average Bonchev–Trinajstić information content (AvgIpc) is 2.56. The molecule has 0 N–H and O–H groups in total. The van der Waals surface area contributed by atoms with Crippen LogP contribution in [0.4, 0.5) is 11.4 Å². The van der Waals surface area contributed by atoms with E-state index in [2.05, 4.69) is 43.7 Å². The van der Waals surface area contributed by atoms with Gasteiger partial charge in [-0.1, -0.05) is 0 Å². The van der Waals surface area contributed by atoms with Crippen molar-refractivity contribution in [1.82, 2.24) is 9.80 Å². The van der Waals surface area contributed by atoms with Gasteiger partial charge >= 0.3 is 0 Å². The normalized spacial score (nSPS) is 21.6. The third-order valence-electron chi connectivity index (χ3n) is 4.92. The Labute approximate surface area is 145 Å². The molecule has 1 radical (unpaired) electrons. The van der Waals surface area contributed by atoms with E-state index in [-0.39, 0.29) is 5.69 Å². The number of piperazine rings is 1. The van der Waals surface area contributed by atoms with Gasteiger partial charge in [0.2, 0.25) is 0 Å². The lowest BCUT2D eigenvalue weighted by molar-refractivity contribution is -0.385. The number of rotatable bonds is 3. The minimum atomic E-state index is -0.409. The fraction of sp³-hybridized carbons (Fsp3) is 0.625. The number of nitro benzene ring substituents is 1. The van der Waals surface area contributed by atoms with Crippen molar-refractivity contribution in [1.29, 1.82) is 0 Å². The Bertz CT molecular complexity index is 567. The van der Waals surface area contributed by atoms with Gasteiger partial charge in [0, 0.05) is 55.8 Å². The van der Waals surface area contributed by atoms with Gasteiger partial charge in [0.05, 0.1) is 16.7 Å². The first kappa shape index (κ1) is 16.7. The number of anilines is 1. The van der Waals surface area contributed by atoms with E-state index in [0.29, 0.717) is 6.04 Å². The van der Waals surface area contributed by atoms with Gasteiger partial charge in [0.1, 0.15) is 0 Å². The van der Waals surface area contributed by atoms with Crippen LogP contribution in [-0.2, 0) is 0 Å². The minimum absolute atomic E-state index is 0.00736. The van der Waals surface area contributed by atoms with Gasteiger partial charge in [-0.2, -0.15) is 0 Å². The highest BCUT2D eigenvalue weighted by molar-refractivity contribution is 9.10. The highest BCUT2D eigenvalue weighted by Crippen LogP contribution is 2.32. The molecule has 0 bridgehead atoms. The molecular formula is C16H22BrN4O2. The minimum Gasteiger partial charge on any atom is -0.370 e. The molecular weight excluding hydrogens is 360 g/mol. The summed E-state index contributed by atoms with van der Waals surface area (Å²) in [6.07, 6.45) is 2.29. The first-order valence-electron chi connectivity index (χ1n) is 8.08. The smallest absolute Gasteiger partial charge is 0.278 e. The second-order valence-corrected chi connectivity index (χ2v) is 7.22. The molecule has 0 unspecified atom stereocenters. The molecule has 2 aliphatic rings. The molecule has 7 heteroatoms. The number of nitrogens with zero attached hydrogens (tertiary/aromatic N) is 4. The number of hydrogen-bond acceptors (Lipinski definition) is 5. The highest BCUT2D eigenvalue weighted by atomic mass is 79.9. The van der Waals surface area contributed by atoms with Crippen molar-refractivity contribution in [2.24, 2.45) is 0 Å². The van der Waals surface area contributed by atoms with E-state index in [1.807, 2.05) is 0 Å². The molecule has 0 aliphatic carbocycles. The van der Waals surface area contributed by atoms with Crippen molar-refractivity contribution in [2.45, 2.75) is 18.9 Å². The Morgan fingerprint density at radius 1 is 1.22 bits per heavy atom. The van der Waals surface area contributed by atoms with E-state index < -0.39 is 4.92 Å². The zero-order valence-electron chi connectivity index (χ0n) is 13.4. The number of likely N-dealkylation sites (N-methyl/N-ethyl adjacent to an activating group) is 1. The summed E-state index contributed by atoms with van der Waals surface area (Å²) < 4.78 is 0.779. The molecule has 2 saturated heterocycles. The second kappa shape index (κ2) is 7.15. The summed E-state index contributed by atoms with van der Waals surface area (Å²) in [5.41, 5.74) is 1.01. The Kier molecular flexibility index (Phi) is 5.18. The number of benzene rings is 1. The molecule has 2 aliphatic heterocycles. The van der Waals surface area contributed by atoms with Crippen molar-refractivity contribution in [2.75, 3.05) is 51.2 Å². The van der Waals surface area contributed by atoms with E-state index in [1.54, 1.807) is 12.1 Å². The van der Waals surface area contributed by atoms with Crippen molar-refractivity contribution in [3.05, 3.63) is 32.8 Å². The van der Waals surface area contributed by atoms with Gasteiger partial charge in [-0.25, -0.2) is 0 Å². The predicted molar refractivity (Wildman–Crippen MR) is 93.9 cm³/mol. The number of halogens is 1. The Morgan fingerprint density at radius 2 is 1.87 bits per heavy atom. The fourth-order valence-electron chi connectivity index (χ4n) is 3.45. The Morgan fingerprint density at radius 3 is 2.43 bits per heavy atom. The van der Waals surface area contributed by atoms with Gasteiger partial charge in [-0.15, -0.1) is 0 Å². The lowest BCUT2D eigenvalue weighted by Crippen LogP contribution is -2.52. The van der Waals surface area contributed by atoms with Crippen LogP contribution in [0.25, 0.3) is 0 Å². The van der Waals surface area contributed by atoms with E-state index in [9.17, 15) is 10.1 Å². The molecule has 0 spiro atoms. The summed E-state index contributed by atoms with van der Waals surface area (Å²) >= 11 is 3.47. The van der Waals surface area contributed by atoms with Gasteiger partial charge in [0.25, 0.3) is 5.69 Å². The second-order valence-electron chi connectivity index (χ2n) is 6.37. The van der Waals surface area contributed by atoms with Gasteiger partial charge in [-0.05, 0) is 41.9 Å². The van der Waals surface area contributed by atoms with Crippen molar-refractivity contribution in [3.63, 3.8) is 0 Å². The van der Waals surface area contributed by atoms with E-state index in [0.717, 1.165) is 62.3 Å². The van der Waals surface area contributed by atoms with Gasteiger partial charge in [-0.3, -0.25) is 15.0 Å². The number of piperidine rings is 1. The molecule has 0 atom stereocenters. The summed E-state index contributed by atoms with van der Waals surface area (Å²) in [6, 6.07) is 6.71. The van der Waals surface area contributed by atoms with Crippen molar-refractivity contribution >= 4 is 27.3 Å². The monoisotopic (exact) mass is 381 g/mol. The molecule has 6 nitrogen and oxygen atoms in total. The van der Waals surface area contributed by atoms with Crippen molar-refractivity contribution in [3.8, 4) is 0 Å². The maximum atomic E-state index is 10.8. The molecule has 3 rings (SSSR count). The SMILES string of the molecule is CN1CCN(C2CCN(c3c[c]c([N+](=O)[O-])cc3Br)CC2)CC1. The maximum absolute atomic E-state index is 10.8. The zero-order valence-corrected chi connectivity index (χ0v) is 15.0. The predicted octanol–water partition coefficient (Wildman–Crippen LogP) is 2.37. The molecule has 1 aromatic rings. The Hall–Kier alpha value is -1.18. The fourth-order valence-corrected chi connectivity index (χ4v) is 4.04. The van der Waals surface area contributed by atoms with E-state index in [1.165, 1.54) is 0 Å². The number of non-ortho nitro benzene ring substituents is 1. The molecule has 2 fully saturated rings. The van der Waals surface area contributed by atoms with Crippen LogP contribution >= 0.6 is 15.9 Å². The third-order valence-corrected chi connectivity index (χ3v) is 5.56. The summed E-state index contributed by atoms with van der Waals surface area (Å²) in [4.78, 5) is 17.7. The average molecular weight is 382 g/mol. The lowest BCUT2D eigenvalue weighted by Gasteiger charge is -2.42. The van der Waals surface area contributed by atoms with Crippen molar-refractivity contribution < 1.29 is 4.92 Å². The third kappa shape index (κ3) is 3.84. The first-order valence-corrected chi connectivity index (χ1v) is 8.87. The zero-order chi connectivity index (χ0) is 16.4. The lowest BCUT2D eigenvalue weighted by atomic mass is 10.0. The standard InChI is InChI=1S/C16H22BrN4O2/c1-18-8-10-19(11-9-18)13-4-6-20(7-5-13)16-3-2-14(21(22)23)12-15(16)17/h3,12-13H,4-11H2,1H3. The number of nitro groups is 1. The van der Waals surface area contributed by atoms with Crippen LogP contribution < -0.4 is 4.90 Å². The highest BCUT2D eigenvalue weighted by Gasteiger charge is 2.27. The molecule has 0 saturated carbocycles. The molecule has 2 heterocycles. The van der Waals surface area contributed by atoms with Gasteiger partial charge in [0.15, 0.2) is 0 Å². The molecule has 1 aromatic carbocycles. The van der Waals surface area contributed by atoms with E-state index >= 15 is 0 Å². The molecule has 23 heavy (non-hydrogen) atoms. The van der Waals surface area contributed by atoms with Gasteiger partial charge < -0.3 is 9.80 Å². The largest absolute Gasteiger partial charge is 0.370 e. The van der Waals surface area contributed by atoms with E-state index in [4.69, 9.17) is 0 Å². The van der Waals surface area contributed by atoms with Crippen LogP contribution in [0.5, 0.6) is 0 Å². The summed E-state index contributed by atoms with van der Waals surface area (Å²) in [5.74, 6) is 0. The number of hydrogen-bond donors (Lipinski definition) is 0. The topological polar surface area (TPSA) is 52.9 Å². The van der Waals surface area contributed by atoms with Crippen LogP contribution in [0.3, 0.4) is 0 Å². The van der Waals surface area contributed by atoms with Crippen LogP contribution in [-0.4, -0.2) is 67.1 Å². The molecule has 0 amide bonds. The summed E-state index contributed by atoms with van der Waals surface area (Å²) in [6.45, 7) is 6.61.